The highest BCUT2D eigenvalue weighted by Crippen LogP contribution is 2.33. The number of ether oxygens (including phenoxy) is 1. The van der Waals surface area contributed by atoms with Crippen LogP contribution in [0, 0.1) is 0 Å². The molecule has 0 radical (unpaired) electrons. The standard InChI is InChI=1S/C24H26N2O5S2/c1-16(27)17-9-10-21(31-2)19(12-17)14-33(29,30)15-23(28)26-11-5-6-18(13-26)24-25-20-7-3-4-8-22(20)32-24/h3-4,7-10,12,18H,5-6,11,13-15H2,1-2H3. The topological polar surface area (TPSA) is 93.6 Å². The van der Waals surface area contributed by atoms with Gasteiger partial charge in [0, 0.05) is 30.1 Å². The third-order valence-electron chi connectivity index (χ3n) is 5.84. The van der Waals surface area contributed by atoms with Gasteiger partial charge in [-0.2, -0.15) is 0 Å². The van der Waals surface area contributed by atoms with Crippen LogP contribution in [0.5, 0.6) is 5.75 Å². The Bertz CT molecular complexity index is 1270. The highest BCUT2D eigenvalue weighted by Gasteiger charge is 2.30. The van der Waals surface area contributed by atoms with E-state index in [4.69, 9.17) is 9.72 Å². The number of fused-ring (bicyclic) bond motifs is 1. The summed E-state index contributed by atoms with van der Waals surface area (Å²) in [6.07, 6.45) is 1.73. The number of carbonyl (C=O) groups is 2. The first kappa shape index (κ1) is 23.4. The Balaban J connectivity index is 1.46. The number of hydrogen-bond donors (Lipinski definition) is 0. The van der Waals surface area contributed by atoms with Crippen LogP contribution in [-0.4, -0.2) is 55.9 Å². The maximum atomic E-state index is 12.9. The van der Waals surface area contributed by atoms with Gasteiger partial charge in [-0.1, -0.05) is 12.1 Å². The van der Waals surface area contributed by atoms with Gasteiger partial charge in [0.2, 0.25) is 5.91 Å². The summed E-state index contributed by atoms with van der Waals surface area (Å²) in [5, 5.41) is 0.988. The Morgan fingerprint density at radius 2 is 2.00 bits per heavy atom. The molecule has 3 aromatic rings. The molecule has 0 bridgehead atoms. The number of piperidine rings is 1. The summed E-state index contributed by atoms with van der Waals surface area (Å²) in [6.45, 7) is 2.43. The molecule has 2 aromatic carbocycles. The molecular weight excluding hydrogens is 460 g/mol. The van der Waals surface area contributed by atoms with Crippen LogP contribution in [-0.2, 0) is 20.4 Å². The summed E-state index contributed by atoms with van der Waals surface area (Å²) in [4.78, 5) is 31.0. The van der Waals surface area contributed by atoms with Gasteiger partial charge in [-0.3, -0.25) is 9.59 Å². The molecule has 1 fully saturated rings. The maximum Gasteiger partial charge on any atom is 0.237 e. The molecule has 2 heterocycles. The van der Waals surface area contributed by atoms with Crippen molar-refractivity contribution in [3.8, 4) is 5.75 Å². The number of ketones is 1. The number of methoxy groups -OCH3 is 1. The van der Waals surface area contributed by atoms with Crippen LogP contribution in [0.2, 0.25) is 0 Å². The van der Waals surface area contributed by atoms with E-state index in [-0.39, 0.29) is 17.5 Å². The number of Topliss-reactive ketones (excluding diaryl/α,β-unsaturated/α-hetero) is 1. The van der Waals surface area contributed by atoms with E-state index >= 15 is 0 Å². The third kappa shape index (κ3) is 5.42. The molecule has 0 saturated carbocycles. The molecule has 0 N–H and O–H groups in total. The largest absolute Gasteiger partial charge is 0.496 e. The van der Waals surface area contributed by atoms with E-state index in [1.807, 2.05) is 24.3 Å². The lowest BCUT2D eigenvalue weighted by Gasteiger charge is -2.31. The smallest absolute Gasteiger partial charge is 0.237 e. The van der Waals surface area contributed by atoms with Gasteiger partial charge in [-0.15, -0.1) is 11.3 Å². The molecule has 1 aliphatic rings. The molecule has 7 nitrogen and oxygen atoms in total. The molecule has 1 aromatic heterocycles. The number of benzene rings is 2. The number of nitrogens with zero attached hydrogens (tertiary/aromatic N) is 2. The van der Waals surface area contributed by atoms with E-state index in [1.165, 1.54) is 20.1 Å². The van der Waals surface area contributed by atoms with E-state index in [0.29, 0.717) is 30.0 Å². The number of amides is 1. The van der Waals surface area contributed by atoms with E-state index in [1.54, 1.807) is 28.4 Å². The number of hydrogen-bond acceptors (Lipinski definition) is 7. The Morgan fingerprint density at radius 3 is 2.73 bits per heavy atom. The van der Waals surface area contributed by atoms with Gasteiger partial charge >= 0.3 is 0 Å². The Kier molecular flexibility index (Phi) is 6.81. The van der Waals surface area contributed by atoms with Crippen molar-refractivity contribution in [1.29, 1.82) is 0 Å². The number of para-hydroxylation sites is 1. The number of aromatic nitrogens is 1. The number of carbonyl (C=O) groups excluding carboxylic acids is 2. The quantitative estimate of drug-likeness (QED) is 0.471. The molecule has 9 heteroatoms. The van der Waals surface area contributed by atoms with Gasteiger partial charge in [0.1, 0.15) is 11.5 Å². The number of likely N-dealkylation sites (tertiary alicyclic amines) is 1. The highest BCUT2D eigenvalue weighted by atomic mass is 32.2. The number of rotatable bonds is 7. The minimum absolute atomic E-state index is 0.107. The SMILES string of the molecule is COc1ccc(C(C)=O)cc1CS(=O)(=O)CC(=O)N1CCCC(c2nc3ccccc3s2)C1. The lowest BCUT2D eigenvalue weighted by Crippen LogP contribution is -2.42. The second kappa shape index (κ2) is 9.61. The van der Waals surface area contributed by atoms with Crippen LogP contribution >= 0.6 is 11.3 Å². The zero-order chi connectivity index (χ0) is 23.6. The lowest BCUT2D eigenvalue weighted by atomic mass is 9.99. The van der Waals surface area contributed by atoms with E-state index < -0.39 is 21.5 Å². The average molecular weight is 487 g/mol. The van der Waals surface area contributed by atoms with Crippen molar-refractivity contribution in [2.24, 2.45) is 0 Å². The van der Waals surface area contributed by atoms with Crippen molar-refractivity contribution in [3.63, 3.8) is 0 Å². The van der Waals surface area contributed by atoms with E-state index in [0.717, 1.165) is 28.1 Å². The predicted molar refractivity (Wildman–Crippen MR) is 129 cm³/mol. The Labute approximate surface area is 197 Å². The first-order valence-electron chi connectivity index (χ1n) is 10.8. The summed E-state index contributed by atoms with van der Waals surface area (Å²) < 4.78 is 32.1. The van der Waals surface area contributed by atoms with E-state index in [2.05, 4.69) is 0 Å². The van der Waals surface area contributed by atoms with Crippen molar-refractivity contribution in [2.75, 3.05) is 26.0 Å². The Hall–Kier alpha value is -2.78. The van der Waals surface area contributed by atoms with Crippen LogP contribution in [0.25, 0.3) is 10.2 Å². The summed E-state index contributed by atoms with van der Waals surface area (Å²) >= 11 is 1.63. The van der Waals surface area contributed by atoms with Crippen LogP contribution in [0.15, 0.2) is 42.5 Å². The molecule has 1 amide bonds. The van der Waals surface area contributed by atoms with Crippen LogP contribution in [0.3, 0.4) is 0 Å². The van der Waals surface area contributed by atoms with Gasteiger partial charge in [0.25, 0.3) is 0 Å². The fourth-order valence-corrected chi connectivity index (χ4v) is 6.60. The minimum Gasteiger partial charge on any atom is -0.496 e. The van der Waals surface area contributed by atoms with Crippen molar-refractivity contribution in [2.45, 2.75) is 31.4 Å². The van der Waals surface area contributed by atoms with Gasteiger partial charge in [0.05, 0.1) is 28.1 Å². The van der Waals surface area contributed by atoms with Gasteiger partial charge in [0.15, 0.2) is 15.6 Å². The molecule has 174 valence electrons. The normalized spacial score (nSPS) is 16.7. The van der Waals surface area contributed by atoms with Crippen molar-refractivity contribution >= 4 is 43.1 Å². The molecule has 1 aliphatic heterocycles. The molecule has 1 unspecified atom stereocenters. The number of sulfone groups is 1. The molecule has 1 atom stereocenters. The van der Waals surface area contributed by atoms with Crippen LogP contribution < -0.4 is 4.74 Å². The molecule has 0 spiro atoms. The monoisotopic (exact) mass is 486 g/mol. The zero-order valence-electron chi connectivity index (χ0n) is 18.6. The molecule has 4 rings (SSSR count). The van der Waals surface area contributed by atoms with Crippen molar-refractivity contribution in [1.82, 2.24) is 9.88 Å². The Morgan fingerprint density at radius 1 is 1.21 bits per heavy atom. The first-order chi connectivity index (χ1) is 15.8. The molecular formula is C24H26N2O5S2. The van der Waals surface area contributed by atoms with Gasteiger partial charge < -0.3 is 9.64 Å². The number of thiazole rings is 1. The van der Waals surface area contributed by atoms with Crippen molar-refractivity contribution < 1.29 is 22.7 Å². The summed E-state index contributed by atoms with van der Waals surface area (Å²) in [7, 11) is -2.31. The van der Waals surface area contributed by atoms with Crippen LogP contribution in [0.4, 0.5) is 0 Å². The average Bonchev–Trinajstić information content (AvgIpc) is 3.23. The predicted octanol–water partition coefficient (Wildman–Crippen LogP) is 3.83. The van der Waals surface area contributed by atoms with Gasteiger partial charge in [-0.25, -0.2) is 13.4 Å². The second-order valence-electron chi connectivity index (χ2n) is 8.31. The molecule has 0 aliphatic carbocycles. The van der Waals surface area contributed by atoms with Gasteiger partial charge in [-0.05, 0) is 50.1 Å². The first-order valence-corrected chi connectivity index (χ1v) is 13.4. The second-order valence-corrected chi connectivity index (χ2v) is 11.4. The summed E-state index contributed by atoms with van der Waals surface area (Å²) in [5.74, 6) is -1.02. The maximum absolute atomic E-state index is 12.9. The highest BCUT2D eigenvalue weighted by molar-refractivity contribution is 7.91. The summed E-state index contributed by atoms with van der Waals surface area (Å²) in [5.41, 5.74) is 1.73. The minimum atomic E-state index is -3.76. The summed E-state index contributed by atoms with van der Waals surface area (Å²) in [6, 6.07) is 12.6. The van der Waals surface area contributed by atoms with Crippen LogP contribution in [0.1, 0.15) is 46.6 Å². The molecule has 1 saturated heterocycles. The third-order valence-corrected chi connectivity index (χ3v) is 8.48. The lowest BCUT2D eigenvalue weighted by molar-refractivity contribution is -0.129. The van der Waals surface area contributed by atoms with E-state index in [9.17, 15) is 18.0 Å². The zero-order valence-corrected chi connectivity index (χ0v) is 20.2. The van der Waals surface area contributed by atoms with Crippen molar-refractivity contribution in [3.05, 3.63) is 58.6 Å². The fraction of sp³-hybridized carbons (Fsp3) is 0.375. The fourth-order valence-electron chi connectivity index (χ4n) is 4.15. The molecule has 33 heavy (non-hydrogen) atoms.